The fourth-order valence-corrected chi connectivity index (χ4v) is 5.32. The second-order valence-corrected chi connectivity index (χ2v) is 10.2. The van der Waals surface area contributed by atoms with Gasteiger partial charge in [0.25, 0.3) is 0 Å². The molecule has 4 heteroatoms. The number of halogens is 1. The molecule has 0 spiro atoms. The average molecular weight is 444 g/mol. The summed E-state index contributed by atoms with van der Waals surface area (Å²) in [6, 6.07) is 20.1. The van der Waals surface area contributed by atoms with E-state index in [0.29, 0.717) is 17.9 Å². The number of Topliss-reactive ketones (excluding diaryl/α,β-unsaturated/α-hetero) is 1. The van der Waals surface area contributed by atoms with Gasteiger partial charge in [0.1, 0.15) is 0 Å². The van der Waals surface area contributed by atoms with Gasteiger partial charge in [-0.3, -0.25) is 14.5 Å². The van der Waals surface area contributed by atoms with E-state index < -0.39 is 0 Å². The quantitative estimate of drug-likeness (QED) is 0.429. The Morgan fingerprint density at radius 3 is 2.44 bits per heavy atom. The van der Waals surface area contributed by atoms with Crippen LogP contribution in [0.25, 0.3) is 10.8 Å². The first-order chi connectivity index (χ1) is 15.2. The second kappa shape index (κ2) is 7.60. The molecule has 0 N–H and O–H groups in total. The van der Waals surface area contributed by atoms with Gasteiger partial charge in [0.15, 0.2) is 5.78 Å². The number of ketones is 1. The summed E-state index contributed by atoms with van der Waals surface area (Å²) in [5.74, 6) is -0.0691. The highest BCUT2D eigenvalue weighted by molar-refractivity contribution is 6.31. The van der Waals surface area contributed by atoms with Gasteiger partial charge < -0.3 is 0 Å². The Morgan fingerprint density at radius 2 is 1.69 bits per heavy atom. The van der Waals surface area contributed by atoms with Crippen molar-refractivity contribution in [1.82, 2.24) is 0 Å². The zero-order valence-corrected chi connectivity index (χ0v) is 19.4. The summed E-state index contributed by atoms with van der Waals surface area (Å²) < 4.78 is 0. The number of hydrogen-bond donors (Lipinski definition) is 0. The lowest BCUT2D eigenvalue weighted by atomic mass is 9.69. The first-order valence-electron chi connectivity index (χ1n) is 11.1. The SMILES string of the molecule is Cc1ccc(N2C(=O)CC(c3ccc4ccccc4c3)C3=C2CC(C)(C)CC3=O)cc1Cl. The number of carbonyl (C=O) groups is 2. The monoisotopic (exact) mass is 443 g/mol. The number of allylic oxidation sites excluding steroid dienone is 2. The predicted molar refractivity (Wildman–Crippen MR) is 130 cm³/mol. The Hall–Kier alpha value is -2.91. The number of hydrogen-bond acceptors (Lipinski definition) is 2. The third-order valence-corrected chi connectivity index (χ3v) is 7.14. The highest BCUT2D eigenvalue weighted by Gasteiger charge is 2.44. The smallest absolute Gasteiger partial charge is 0.232 e. The molecule has 0 saturated heterocycles. The normalized spacial score (nSPS) is 20.6. The van der Waals surface area contributed by atoms with Crippen molar-refractivity contribution in [3.05, 3.63) is 88.1 Å². The van der Waals surface area contributed by atoms with Crippen LogP contribution in [0, 0.1) is 12.3 Å². The molecule has 1 atom stereocenters. The Labute approximate surface area is 193 Å². The van der Waals surface area contributed by atoms with Crippen LogP contribution in [-0.2, 0) is 9.59 Å². The predicted octanol–water partition coefficient (Wildman–Crippen LogP) is 6.97. The maximum absolute atomic E-state index is 13.5. The molecule has 32 heavy (non-hydrogen) atoms. The van der Waals surface area contributed by atoms with E-state index in [1.54, 1.807) is 4.90 Å². The van der Waals surface area contributed by atoms with E-state index in [-0.39, 0.29) is 29.4 Å². The van der Waals surface area contributed by atoms with Gasteiger partial charge in [-0.25, -0.2) is 0 Å². The van der Waals surface area contributed by atoms with Crippen molar-refractivity contribution in [1.29, 1.82) is 0 Å². The number of nitrogens with zero attached hydrogens (tertiary/aromatic N) is 1. The first kappa shape index (κ1) is 21.0. The van der Waals surface area contributed by atoms with E-state index in [1.807, 2.05) is 37.3 Å². The topological polar surface area (TPSA) is 37.4 Å². The minimum Gasteiger partial charge on any atom is -0.294 e. The number of anilines is 1. The third kappa shape index (κ3) is 3.55. The van der Waals surface area contributed by atoms with Crippen LogP contribution >= 0.6 is 11.6 Å². The molecule has 1 aliphatic carbocycles. The van der Waals surface area contributed by atoms with Crippen LogP contribution in [0.1, 0.15) is 50.2 Å². The molecule has 162 valence electrons. The first-order valence-corrected chi connectivity index (χ1v) is 11.5. The molecule has 2 aliphatic rings. The van der Waals surface area contributed by atoms with Crippen molar-refractivity contribution >= 4 is 39.8 Å². The van der Waals surface area contributed by atoms with Crippen molar-refractivity contribution < 1.29 is 9.59 Å². The number of amides is 1. The van der Waals surface area contributed by atoms with Gasteiger partial charge in [-0.2, -0.15) is 0 Å². The molecule has 5 rings (SSSR count). The maximum atomic E-state index is 13.5. The van der Waals surface area contributed by atoms with Gasteiger partial charge in [-0.15, -0.1) is 0 Å². The van der Waals surface area contributed by atoms with Crippen molar-refractivity contribution in [3.63, 3.8) is 0 Å². The van der Waals surface area contributed by atoms with Crippen LogP contribution in [0.5, 0.6) is 0 Å². The molecule has 1 aliphatic heterocycles. The Kier molecular flexibility index (Phi) is 4.98. The van der Waals surface area contributed by atoms with Crippen molar-refractivity contribution in [2.45, 2.75) is 46.0 Å². The highest BCUT2D eigenvalue weighted by Crippen LogP contribution is 2.48. The molecular formula is C28H26ClNO2. The minimum atomic E-state index is -0.220. The van der Waals surface area contributed by atoms with Gasteiger partial charge in [-0.05, 0) is 52.8 Å². The highest BCUT2D eigenvalue weighted by atomic mass is 35.5. The number of benzene rings is 3. The summed E-state index contributed by atoms with van der Waals surface area (Å²) in [6.45, 7) is 6.13. The molecule has 3 aromatic carbocycles. The standard InChI is InChI=1S/C28H26ClNO2/c1-17-8-11-21(13-23(17)29)30-24-15-28(2,3)16-25(31)27(24)22(14-26(30)32)20-10-9-18-6-4-5-7-19(18)12-20/h4-13,22H,14-16H2,1-3H3. The largest absolute Gasteiger partial charge is 0.294 e. The third-order valence-electron chi connectivity index (χ3n) is 6.73. The van der Waals surface area contributed by atoms with Crippen LogP contribution in [0.4, 0.5) is 5.69 Å². The molecule has 0 bridgehead atoms. The van der Waals surface area contributed by atoms with Crippen LogP contribution in [0.2, 0.25) is 5.02 Å². The summed E-state index contributed by atoms with van der Waals surface area (Å²) in [5, 5.41) is 2.89. The van der Waals surface area contributed by atoms with E-state index in [9.17, 15) is 9.59 Å². The van der Waals surface area contributed by atoms with Crippen LogP contribution < -0.4 is 4.90 Å². The zero-order chi connectivity index (χ0) is 22.6. The molecule has 0 aromatic heterocycles. The van der Waals surface area contributed by atoms with E-state index >= 15 is 0 Å². The van der Waals surface area contributed by atoms with Crippen LogP contribution in [-0.4, -0.2) is 11.7 Å². The lowest BCUT2D eigenvalue weighted by Gasteiger charge is -2.43. The van der Waals surface area contributed by atoms with Crippen LogP contribution in [0.3, 0.4) is 0 Å². The van der Waals surface area contributed by atoms with Gasteiger partial charge in [0.05, 0.1) is 5.69 Å². The van der Waals surface area contributed by atoms with Gasteiger partial charge >= 0.3 is 0 Å². The Morgan fingerprint density at radius 1 is 0.938 bits per heavy atom. The molecule has 1 amide bonds. The molecule has 1 heterocycles. The van der Waals surface area contributed by atoms with Gasteiger partial charge in [-0.1, -0.05) is 74.0 Å². The summed E-state index contributed by atoms with van der Waals surface area (Å²) in [5.41, 5.74) is 4.15. The number of carbonyl (C=O) groups excluding carboxylic acids is 2. The second-order valence-electron chi connectivity index (χ2n) is 9.83. The van der Waals surface area contributed by atoms with Gasteiger partial charge in [0.2, 0.25) is 5.91 Å². The molecule has 0 saturated carbocycles. The number of fused-ring (bicyclic) bond motifs is 1. The van der Waals surface area contributed by atoms with E-state index in [4.69, 9.17) is 11.6 Å². The Bertz CT molecular complexity index is 1300. The lowest BCUT2D eigenvalue weighted by Crippen LogP contribution is -2.43. The van der Waals surface area contributed by atoms with E-state index in [2.05, 4.69) is 44.2 Å². The molecule has 0 fully saturated rings. The minimum absolute atomic E-state index is 0.00679. The number of aryl methyl sites for hydroxylation is 1. The summed E-state index contributed by atoms with van der Waals surface area (Å²) in [6.07, 6.45) is 1.44. The maximum Gasteiger partial charge on any atom is 0.232 e. The average Bonchev–Trinajstić information content (AvgIpc) is 2.74. The van der Waals surface area contributed by atoms with E-state index in [0.717, 1.165) is 38.9 Å². The van der Waals surface area contributed by atoms with Crippen molar-refractivity contribution in [2.24, 2.45) is 5.41 Å². The molecular weight excluding hydrogens is 418 g/mol. The fraction of sp³-hybridized carbons (Fsp3) is 0.286. The van der Waals surface area contributed by atoms with Crippen molar-refractivity contribution in [2.75, 3.05) is 4.90 Å². The lowest BCUT2D eigenvalue weighted by molar-refractivity contribution is -0.121. The number of rotatable bonds is 2. The summed E-state index contributed by atoms with van der Waals surface area (Å²) in [4.78, 5) is 28.8. The Balaban J connectivity index is 1.69. The molecule has 3 aromatic rings. The van der Waals surface area contributed by atoms with E-state index in [1.165, 1.54) is 0 Å². The molecule has 3 nitrogen and oxygen atoms in total. The molecule has 0 radical (unpaired) electrons. The fourth-order valence-electron chi connectivity index (χ4n) is 5.15. The summed E-state index contributed by atoms with van der Waals surface area (Å²) >= 11 is 6.40. The van der Waals surface area contributed by atoms with Crippen molar-refractivity contribution in [3.8, 4) is 0 Å². The van der Waals surface area contributed by atoms with Crippen LogP contribution in [0.15, 0.2) is 71.9 Å². The summed E-state index contributed by atoms with van der Waals surface area (Å²) in [7, 11) is 0. The zero-order valence-electron chi connectivity index (χ0n) is 18.6. The van der Waals surface area contributed by atoms with Gasteiger partial charge in [0, 0.05) is 35.1 Å². The molecule has 1 unspecified atom stereocenters.